The van der Waals surface area contributed by atoms with Gasteiger partial charge in [0, 0.05) is 42.7 Å². The third-order valence-corrected chi connectivity index (χ3v) is 5.46. The second-order valence-corrected chi connectivity index (χ2v) is 7.26. The third-order valence-electron chi connectivity index (χ3n) is 5.23. The number of aryl methyl sites for hydroxylation is 1. The van der Waals surface area contributed by atoms with E-state index in [9.17, 15) is 4.79 Å². The summed E-state index contributed by atoms with van der Waals surface area (Å²) in [5, 5.41) is 12.7. The van der Waals surface area contributed by atoms with Gasteiger partial charge in [-0.15, -0.1) is 10.2 Å². The van der Waals surface area contributed by atoms with E-state index in [1.165, 1.54) is 0 Å². The fourth-order valence-corrected chi connectivity index (χ4v) is 3.92. The van der Waals surface area contributed by atoms with Gasteiger partial charge in [0.2, 0.25) is 0 Å². The molecule has 1 saturated heterocycles. The molecule has 4 rings (SSSR count). The van der Waals surface area contributed by atoms with Crippen molar-refractivity contribution in [1.29, 1.82) is 0 Å². The van der Waals surface area contributed by atoms with Gasteiger partial charge in [0.1, 0.15) is 11.6 Å². The molecule has 1 aromatic carbocycles. The highest BCUT2D eigenvalue weighted by atomic mass is 35.5. The zero-order valence-corrected chi connectivity index (χ0v) is 15.1. The maximum atomic E-state index is 12.8. The summed E-state index contributed by atoms with van der Waals surface area (Å²) in [6.45, 7) is 6.12. The van der Waals surface area contributed by atoms with E-state index in [1.54, 1.807) is 6.07 Å². The summed E-state index contributed by atoms with van der Waals surface area (Å²) in [5.74, 6) is 2.56. The Balaban J connectivity index is 1.45. The van der Waals surface area contributed by atoms with Gasteiger partial charge in [-0.2, -0.15) is 0 Å². The van der Waals surface area contributed by atoms with Crippen molar-refractivity contribution >= 4 is 17.5 Å². The molecule has 3 heterocycles. The molecule has 1 N–H and O–H groups in total. The number of benzene rings is 1. The Morgan fingerprint density at radius 3 is 2.84 bits per heavy atom. The number of halogens is 1. The zero-order valence-electron chi connectivity index (χ0n) is 14.3. The van der Waals surface area contributed by atoms with Crippen LogP contribution in [0.25, 0.3) is 0 Å². The van der Waals surface area contributed by atoms with E-state index < -0.39 is 0 Å². The smallest absolute Gasteiger partial charge is 0.254 e. The fraction of sp³-hybridized carbons (Fsp3) is 0.500. The molecule has 0 spiro atoms. The highest BCUT2D eigenvalue weighted by molar-refractivity contribution is 6.31. The fourth-order valence-electron chi connectivity index (χ4n) is 3.75. The molecule has 1 amide bonds. The minimum atomic E-state index is 0.0749. The van der Waals surface area contributed by atoms with Crippen LogP contribution < -0.4 is 5.32 Å². The first-order valence-electron chi connectivity index (χ1n) is 8.81. The second kappa shape index (κ2) is 6.77. The third kappa shape index (κ3) is 3.16. The van der Waals surface area contributed by atoms with E-state index in [1.807, 2.05) is 24.0 Å². The van der Waals surface area contributed by atoms with Crippen LogP contribution in [0.2, 0.25) is 5.02 Å². The van der Waals surface area contributed by atoms with Crippen molar-refractivity contribution in [1.82, 2.24) is 25.0 Å². The normalized spacial score (nSPS) is 18.2. The van der Waals surface area contributed by atoms with E-state index in [-0.39, 0.29) is 5.91 Å². The molecule has 1 fully saturated rings. The van der Waals surface area contributed by atoms with Crippen LogP contribution in [0.1, 0.15) is 46.3 Å². The molecule has 132 valence electrons. The Bertz CT molecular complexity index is 795. The summed E-state index contributed by atoms with van der Waals surface area (Å²) in [4.78, 5) is 14.8. The minimum Gasteiger partial charge on any atom is -0.339 e. The molecule has 0 bridgehead atoms. The summed E-state index contributed by atoms with van der Waals surface area (Å²) in [7, 11) is 0. The number of rotatable bonds is 2. The van der Waals surface area contributed by atoms with Crippen LogP contribution in [-0.4, -0.2) is 45.2 Å². The van der Waals surface area contributed by atoms with Gasteiger partial charge >= 0.3 is 0 Å². The molecule has 0 unspecified atom stereocenters. The van der Waals surface area contributed by atoms with Crippen molar-refractivity contribution in [3.8, 4) is 0 Å². The molecule has 1 aromatic heterocycles. The molecule has 0 radical (unpaired) electrons. The van der Waals surface area contributed by atoms with Gasteiger partial charge in [-0.05, 0) is 37.5 Å². The molecule has 25 heavy (non-hydrogen) atoms. The van der Waals surface area contributed by atoms with Crippen LogP contribution in [0, 0.1) is 6.92 Å². The van der Waals surface area contributed by atoms with Gasteiger partial charge in [0.25, 0.3) is 5.91 Å². The van der Waals surface area contributed by atoms with Crippen molar-refractivity contribution < 1.29 is 4.79 Å². The summed E-state index contributed by atoms with van der Waals surface area (Å²) >= 11 is 6.06. The lowest BCUT2D eigenvalue weighted by Crippen LogP contribution is -2.39. The van der Waals surface area contributed by atoms with Gasteiger partial charge in [-0.1, -0.05) is 17.7 Å². The summed E-state index contributed by atoms with van der Waals surface area (Å²) in [5.41, 5.74) is 1.67. The standard InChI is InChI=1S/C18H22ClN5O/c1-12-2-3-14(19)10-15(12)18(25)23-7-4-13(5-8-23)17-22-21-16-11-20-6-9-24(16)17/h2-3,10,13,20H,4-9,11H2,1H3. The van der Waals surface area contributed by atoms with Crippen molar-refractivity contribution in [2.24, 2.45) is 0 Å². The average molecular weight is 360 g/mol. The number of nitrogens with zero attached hydrogens (tertiary/aromatic N) is 4. The Labute approximate surface area is 152 Å². The molecule has 2 aromatic rings. The Morgan fingerprint density at radius 2 is 2.04 bits per heavy atom. The Kier molecular flexibility index (Phi) is 4.48. The van der Waals surface area contributed by atoms with E-state index >= 15 is 0 Å². The first-order chi connectivity index (χ1) is 12.1. The summed E-state index contributed by atoms with van der Waals surface area (Å²) < 4.78 is 2.25. The minimum absolute atomic E-state index is 0.0749. The lowest BCUT2D eigenvalue weighted by Gasteiger charge is -2.32. The molecule has 2 aliphatic heterocycles. The van der Waals surface area contributed by atoms with Crippen LogP contribution in [0.15, 0.2) is 18.2 Å². The number of likely N-dealkylation sites (tertiary alicyclic amines) is 1. The van der Waals surface area contributed by atoms with E-state index in [4.69, 9.17) is 11.6 Å². The van der Waals surface area contributed by atoms with E-state index in [2.05, 4.69) is 20.1 Å². The molecular formula is C18H22ClN5O. The van der Waals surface area contributed by atoms with E-state index in [0.29, 0.717) is 16.5 Å². The van der Waals surface area contributed by atoms with Crippen LogP contribution in [-0.2, 0) is 13.1 Å². The van der Waals surface area contributed by atoms with Crippen molar-refractivity contribution in [2.45, 2.75) is 38.8 Å². The van der Waals surface area contributed by atoms with Gasteiger partial charge < -0.3 is 14.8 Å². The van der Waals surface area contributed by atoms with Crippen molar-refractivity contribution in [3.63, 3.8) is 0 Å². The highest BCUT2D eigenvalue weighted by Gasteiger charge is 2.29. The van der Waals surface area contributed by atoms with Crippen molar-refractivity contribution in [3.05, 3.63) is 46.0 Å². The monoisotopic (exact) mass is 359 g/mol. The number of hydrogen-bond acceptors (Lipinski definition) is 4. The predicted molar refractivity (Wildman–Crippen MR) is 95.8 cm³/mol. The van der Waals surface area contributed by atoms with E-state index in [0.717, 1.165) is 62.8 Å². The van der Waals surface area contributed by atoms with Crippen LogP contribution in [0.3, 0.4) is 0 Å². The molecule has 0 atom stereocenters. The first kappa shape index (κ1) is 16.5. The predicted octanol–water partition coefficient (Wildman–Crippen LogP) is 2.36. The molecule has 6 nitrogen and oxygen atoms in total. The van der Waals surface area contributed by atoms with Gasteiger partial charge in [0.05, 0.1) is 6.54 Å². The number of piperidine rings is 1. The topological polar surface area (TPSA) is 63.1 Å². The average Bonchev–Trinajstić information content (AvgIpc) is 3.07. The summed E-state index contributed by atoms with van der Waals surface area (Å²) in [6, 6.07) is 5.50. The van der Waals surface area contributed by atoms with Gasteiger partial charge in [0.15, 0.2) is 0 Å². The SMILES string of the molecule is Cc1ccc(Cl)cc1C(=O)N1CCC(c2nnc3n2CCNC3)CC1. The number of nitrogens with one attached hydrogen (secondary N) is 1. The lowest BCUT2D eigenvalue weighted by atomic mass is 9.95. The largest absolute Gasteiger partial charge is 0.339 e. The number of amides is 1. The van der Waals surface area contributed by atoms with Gasteiger partial charge in [-0.25, -0.2) is 0 Å². The molecule has 0 aliphatic carbocycles. The Morgan fingerprint density at radius 1 is 1.24 bits per heavy atom. The molecule has 2 aliphatic rings. The second-order valence-electron chi connectivity index (χ2n) is 6.83. The van der Waals surface area contributed by atoms with Crippen LogP contribution >= 0.6 is 11.6 Å². The molecule has 7 heteroatoms. The molecular weight excluding hydrogens is 338 g/mol. The van der Waals surface area contributed by atoms with Crippen LogP contribution in [0.5, 0.6) is 0 Å². The number of hydrogen-bond donors (Lipinski definition) is 1. The lowest BCUT2D eigenvalue weighted by molar-refractivity contribution is 0.0709. The number of aromatic nitrogens is 3. The number of carbonyl (C=O) groups is 1. The first-order valence-corrected chi connectivity index (χ1v) is 9.19. The maximum absolute atomic E-state index is 12.8. The number of carbonyl (C=O) groups excluding carboxylic acids is 1. The zero-order chi connectivity index (χ0) is 17.4. The quantitative estimate of drug-likeness (QED) is 0.894. The highest BCUT2D eigenvalue weighted by Crippen LogP contribution is 2.29. The van der Waals surface area contributed by atoms with Crippen molar-refractivity contribution in [2.75, 3.05) is 19.6 Å². The Hall–Kier alpha value is -1.92. The van der Waals surface area contributed by atoms with Gasteiger partial charge in [-0.3, -0.25) is 4.79 Å². The maximum Gasteiger partial charge on any atom is 0.254 e. The van der Waals surface area contributed by atoms with Crippen LogP contribution in [0.4, 0.5) is 0 Å². The molecule has 0 saturated carbocycles. The summed E-state index contributed by atoms with van der Waals surface area (Å²) in [6.07, 6.45) is 1.85. The number of fused-ring (bicyclic) bond motifs is 1.